The van der Waals surface area contributed by atoms with Crippen molar-refractivity contribution in [2.75, 3.05) is 18.1 Å². The molecule has 3 heterocycles. The minimum atomic E-state index is -0.367. The Bertz CT molecular complexity index is 1360. The van der Waals surface area contributed by atoms with Crippen LogP contribution in [0.3, 0.4) is 0 Å². The zero-order valence-electron chi connectivity index (χ0n) is 19.1. The second-order valence-electron chi connectivity index (χ2n) is 8.90. The molecule has 7 heteroatoms. The number of anilines is 1. The summed E-state index contributed by atoms with van der Waals surface area (Å²) in [5, 5.41) is 0.658. The highest BCUT2D eigenvalue weighted by Gasteiger charge is 2.31. The molecule has 1 aromatic heterocycles. The topological polar surface area (TPSA) is 68.7 Å². The van der Waals surface area contributed by atoms with Crippen LogP contribution in [0.5, 0.6) is 0 Å². The van der Waals surface area contributed by atoms with Crippen LogP contribution < -0.4 is 4.90 Å². The molecule has 0 spiro atoms. The summed E-state index contributed by atoms with van der Waals surface area (Å²) >= 11 is 1.50. The summed E-state index contributed by atoms with van der Waals surface area (Å²) in [5.74, 6) is -0.501. The zero-order valence-corrected chi connectivity index (χ0v) is 19.9. The minimum Gasteiger partial charge on any atom is -0.454 e. The number of cyclic esters (lactones) is 1. The summed E-state index contributed by atoms with van der Waals surface area (Å²) in [6.45, 7) is 1.17. The summed E-state index contributed by atoms with van der Waals surface area (Å²) in [6.07, 6.45) is 2.06. The molecular weight excluding hydrogens is 460 g/mol. The van der Waals surface area contributed by atoms with Crippen molar-refractivity contribution in [1.82, 2.24) is 4.98 Å². The van der Waals surface area contributed by atoms with Crippen molar-refractivity contribution in [2.24, 2.45) is 0 Å². The molecule has 2 aliphatic rings. The average molecular weight is 485 g/mol. The first-order valence-electron chi connectivity index (χ1n) is 11.8. The number of hydrogen-bond donors (Lipinski definition) is 0. The fraction of sp³-hybridized carbons (Fsp3) is 0.250. The van der Waals surface area contributed by atoms with Crippen LogP contribution in [-0.2, 0) is 15.9 Å². The Hall–Kier alpha value is -3.55. The third-order valence-corrected chi connectivity index (χ3v) is 7.63. The van der Waals surface area contributed by atoms with Gasteiger partial charge in [-0.2, -0.15) is 0 Å². The lowest BCUT2D eigenvalue weighted by atomic mass is 9.93. The molecule has 2 unspecified atom stereocenters. The molecule has 176 valence electrons. The van der Waals surface area contributed by atoms with Gasteiger partial charge in [0.1, 0.15) is 6.10 Å². The van der Waals surface area contributed by atoms with Crippen molar-refractivity contribution >= 4 is 38.6 Å². The Morgan fingerprint density at radius 3 is 2.69 bits per heavy atom. The number of aromatic nitrogens is 1. The number of ether oxygens (including phenoxy) is 2. The van der Waals surface area contributed by atoms with Crippen LogP contribution >= 0.6 is 11.3 Å². The van der Waals surface area contributed by atoms with Crippen molar-refractivity contribution in [3.05, 3.63) is 95.1 Å². The maximum Gasteiger partial charge on any atom is 0.339 e. The summed E-state index contributed by atoms with van der Waals surface area (Å²) < 4.78 is 12.6. The molecule has 0 saturated carbocycles. The van der Waals surface area contributed by atoms with E-state index in [0.29, 0.717) is 35.8 Å². The zero-order chi connectivity index (χ0) is 23.8. The second kappa shape index (κ2) is 9.24. The minimum absolute atomic E-state index is 0.0129. The Morgan fingerprint density at radius 1 is 1.06 bits per heavy atom. The van der Waals surface area contributed by atoms with Gasteiger partial charge in [-0.3, -0.25) is 9.69 Å². The fourth-order valence-corrected chi connectivity index (χ4v) is 5.73. The molecule has 4 aromatic rings. The number of esters is 1. The van der Waals surface area contributed by atoms with Gasteiger partial charge in [-0.1, -0.05) is 53.8 Å². The van der Waals surface area contributed by atoms with Gasteiger partial charge in [0.25, 0.3) is 5.91 Å². The molecule has 0 aliphatic carbocycles. The Balaban J connectivity index is 1.34. The number of thiazole rings is 1. The van der Waals surface area contributed by atoms with Crippen LogP contribution in [0.4, 0.5) is 5.13 Å². The molecule has 3 aromatic carbocycles. The van der Waals surface area contributed by atoms with Gasteiger partial charge in [0.2, 0.25) is 0 Å². The van der Waals surface area contributed by atoms with E-state index in [-0.39, 0.29) is 24.1 Å². The Kier molecular flexibility index (Phi) is 5.80. The van der Waals surface area contributed by atoms with E-state index in [0.717, 1.165) is 34.2 Å². The van der Waals surface area contributed by atoms with E-state index < -0.39 is 0 Å². The highest BCUT2D eigenvalue weighted by molar-refractivity contribution is 7.22. The summed E-state index contributed by atoms with van der Waals surface area (Å²) in [5.41, 5.74) is 3.68. The van der Waals surface area contributed by atoms with E-state index in [1.165, 1.54) is 11.3 Å². The average Bonchev–Trinajstić information content (AvgIpc) is 3.57. The molecule has 0 radical (unpaired) electrons. The largest absolute Gasteiger partial charge is 0.454 e. The molecule has 6 rings (SSSR count). The first-order valence-corrected chi connectivity index (χ1v) is 12.7. The maximum absolute atomic E-state index is 13.8. The number of amides is 1. The predicted octanol–water partition coefficient (Wildman–Crippen LogP) is 5.58. The van der Waals surface area contributed by atoms with E-state index in [1.807, 2.05) is 60.7 Å². The summed E-state index contributed by atoms with van der Waals surface area (Å²) in [6, 6.07) is 22.8. The van der Waals surface area contributed by atoms with Crippen molar-refractivity contribution in [3.63, 3.8) is 0 Å². The van der Waals surface area contributed by atoms with Crippen LogP contribution in [0.2, 0.25) is 0 Å². The molecule has 2 aliphatic heterocycles. The molecule has 35 heavy (non-hydrogen) atoms. The van der Waals surface area contributed by atoms with Gasteiger partial charge >= 0.3 is 5.97 Å². The van der Waals surface area contributed by atoms with Crippen molar-refractivity contribution in [2.45, 2.75) is 31.5 Å². The van der Waals surface area contributed by atoms with E-state index >= 15 is 0 Å². The van der Waals surface area contributed by atoms with Crippen LogP contribution in [0.1, 0.15) is 50.8 Å². The highest BCUT2D eigenvalue weighted by atomic mass is 32.1. The van der Waals surface area contributed by atoms with Crippen LogP contribution in [0.15, 0.2) is 72.8 Å². The smallest absolute Gasteiger partial charge is 0.339 e. The molecular formula is C28H24N2O4S. The summed E-state index contributed by atoms with van der Waals surface area (Å²) in [4.78, 5) is 33.0. The molecule has 1 fully saturated rings. The number of carbonyl (C=O) groups excluding carboxylic acids is 2. The van der Waals surface area contributed by atoms with E-state index in [9.17, 15) is 9.59 Å². The number of rotatable bonds is 5. The lowest BCUT2D eigenvalue weighted by Gasteiger charge is -2.26. The number of hydrogen-bond acceptors (Lipinski definition) is 6. The van der Waals surface area contributed by atoms with Gasteiger partial charge in [-0.25, -0.2) is 9.78 Å². The standard InChI is InChI=1S/C28H24N2O4S/c31-26(30(17-21-9-6-14-33-21)28-29-23-10-4-5-11-25(23)35-28)19-12-13-22-20(15-19)16-24(34-27(22)32)18-7-2-1-3-8-18/h1-5,7-8,10-13,15,21,24H,6,9,14,16-17H2. The molecule has 6 nitrogen and oxygen atoms in total. The predicted molar refractivity (Wildman–Crippen MR) is 135 cm³/mol. The summed E-state index contributed by atoms with van der Waals surface area (Å²) in [7, 11) is 0. The quantitative estimate of drug-likeness (QED) is 0.346. The third-order valence-electron chi connectivity index (χ3n) is 6.57. The SMILES string of the molecule is O=C1OC(c2ccccc2)Cc2cc(C(=O)N(CC3CCCO3)c3nc4ccccc4s3)ccc21. The fourth-order valence-electron chi connectivity index (χ4n) is 4.75. The van der Waals surface area contributed by atoms with Crippen LogP contribution in [-0.4, -0.2) is 36.1 Å². The normalized spacial score (nSPS) is 19.4. The van der Waals surface area contributed by atoms with E-state index in [4.69, 9.17) is 14.5 Å². The lowest BCUT2D eigenvalue weighted by molar-refractivity contribution is 0.0252. The van der Waals surface area contributed by atoms with Crippen LogP contribution in [0.25, 0.3) is 10.2 Å². The van der Waals surface area contributed by atoms with E-state index in [2.05, 4.69) is 0 Å². The molecule has 0 bridgehead atoms. The van der Waals surface area contributed by atoms with Gasteiger partial charge in [0.05, 0.1) is 28.4 Å². The third kappa shape index (κ3) is 4.33. The van der Waals surface area contributed by atoms with E-state index in [1.54, 1.807) is 17.0 Å². The number of para-hydroxylation sites is 1. The lowest BCUT2D eigenvalue weighted by Crippen LogP contribution is -2.37. The van der Waals surface area contributed by atoms with Gasteiger partial charge in [0.15, 0.2) is 5.13 Å². The van der Waals surface area contributed by atoms with Gasteiger partial charge < -0.3 is 9.47 Å². The molecule has 1 amide bonds. The number of fused-ring (bicyclic) bond motifs is 2. The van der Waals surface area contributed by atoms with Gasteiger partial charge in [0, 0.05) is 18.6 Å². The van der Waals surface area contributed by atoms with Crippen molar-refractivity contribution in [3.8, 4) is 0 Å². The molecule has 0 N–H and O–H groups in total. The number of nitrogens with zero attached hydrogens (tertiary/aromatic N) is 2. The Labute approximate surface area is 207 Å². The van der Waals surface area contributed by atoms with Crippen molar-refractivity contribution in [1.29, 1.82) is 0 Å². The maximum atomic E-state index is 13.8. The van der Waals surface area contributed by atoms with Crippen molar-refractivity contribution < 1.29 is 19.1 Å². The molecule has 1 saturated heterocycles. The first kappa shape index (κ1) is 21.9. The van der Waals surface area contributed by atoms with Gasteiger partial charge in [-0.05, 0) is 54.3 Å². The van der Waals surface area contributed by atoms with Crippen LogP contribution in [0, 0.1) is 0 Å². The second-order valence-corrected chi connectivity index (χ2v) is 9.90. The Morgan fingerprint density at radius 2 is 1.89 bits per heavy atom. The first-order chi connectivity index (χ1) is 17.2. The number of carbonyl (C=O) groups is 2. The van der Waals surface area contributed by atoms with Gasteiger partial charge in [-0.15, -0.1) is 0 Å². The monoisotopic (exact) mass is 484 g/mol. The molecule has 2 atom stereocenters. The highest BCUT2D eigenvalue weighted by Crippen LogP contribution is 2.33. The number of benzene rings is 3.